The van der Waals surface area contributed by atoms with Crippen LogP contribution in [0.4, 0.5) is 28.8 Å². The lowest BCUT2D eigenvalue weighted by Crippen LogP contribution is -2.50. The third-order valence-electron chi connectivity index (χ3n) is 9.00. The van der Waals surface area contributed by atoms with Gasteiger partial charge < -0.3 is 30.2 Å². The third kappa shape index (κ3) is 7.46. The minimum Gasteiger partial charge on any atom is -0.494 e. The Bertz CT molecular complexity index is 1620. The molecule has 1 aliphatic heterocycles. The minimum atomic E-state index is -2.53. The second kappa shape index (κ2) is 13.4. The Balaban J connectivity index is 1.04. The van der Waals surface area contributed by atoms with Crippen LogP contribution in [0.15, 0.2) is 60.8 Å². The number of nitrogens with zero attached hydrogens (tertiary/aromatic N) is 4. The molecule has 45 heavy (non-hydrogen) atoms. The van der Waals surface area contributed by atoms with Crippen molar-refractivity contribution >= 4 is 58.8 Å². The van der Waals surface area contributed by atoms with Gasteiger partial charge in [0.15, 0.2) is 5.82 Å². The second-order valence-corrected chi connectivity index (χ2v) is 16.1. The van der Waals surface area contributed by atoms with Gasteiger partial charge in [-0.1, -0.05) is 35.9 Å². The van der Waals surface area contributed by atoms with Crippen molar-refractivity contribution in [2.75, 3.05) is 75.2 Å². The molecule has 3 unspecified atom stereocenters. The quantitative estimate of drug-likeness (QED) is 0.188. The van der Waals surface area contributed by atoms with E-state index in [-0.39, 0.29) is 5.91 Å². The van der Waals surface area contributed by atoms with E-state index in [9.17, 15) is 9.36 Å². The number of amides is 1. The number of carbonyl (C=O) groups is 1. The minimum absolute atomic E-state index is 0.120. The van der Waals surface area contributed by atoms with E-state index in [1.165, 1.54) is 19.0 Å². The van der Waals surface area contributed by atoms with E-state index in [1.807, 2.05) is 42.5 Å². The van der Waals surface area contributed by atoms with Crippen molar-refractivity contribution in [2.45, 2.75) is 12.8 Å². The van der Waals surface area contributed by atoms with E-state index in [2.05, 4.69) is 47.9 Å². The van der Waals surface area contributed by atoms with Gasteiger partial charge in [-0.3, -0.25) is 9.69 Å². The van der Waals surface area contributed by atoms with Crippen molar-refractivity contribution in [2.24, 2.45) is 17.8 Å². The number of nitrogens with one attached hydrogen (secondary N) is 3. The topological polar surface area (TPSA) is 112 Å². The summed E-state index contributed by atoms with van der Waals surface area (Å²) >= 11 is 6.43. The van der Waals surface area contributed by atoms with Crippen molar-refractivity contribution in [1.29, 1.82) is 0 Å². The van der Waals surface area contributed by atoms with Crippen LogP contribution in [0.3, 0.4) is 0 Å². The zero-order chi connectivity index (χ0) is 31.6. The lowest BCUT2D eigenvalue weighted by molar-refractivity contribution is -0.122. The van der Waals surface area contributed by atoms with Gasteiger partial charge in [0.1, 0.15) is 17.9 Å². The van der Waals surface area contributed by atoms with Crippen molar-refractivity contribution in [3.63, 3.8) is 0 Å². The maximum Gasteiger partial charge on any atom is 0.234 e. The second-order valence-electron chi connectivity index (χ2n) is 12.5. The summed E-state index contributed by atoms with van der Waals surface area (Å²) in [5.74, 6) is 3.49. The number of carbonyl (C=O) groups excluding carboxylic acids is 1. The van der Waals surface area contributed by atoms with Gasteiger partial charge in [0, 0.05) is 49.8 Å². The maximum absolute atomic E-state index is 12.8. The molecule has 1 aromatic heterocycles. The van der Waals surface area contributed by atoms with Crippen molar-refractivity contribution in [3.05, 3.63) is 65.8 Å². The first-order valence-electron chi connectivity index (χ1n) is 15.5. The summed E-state index contributed by atoms with van der Waals surface area (Å²) in [6, 6.07) is 13.4. The van der Waals surface area contributed by atoms with E-state index in [1.54, 1.807) is 20.4 Å². The zero-order valence-corrected chi connectivity index (χ0v) is 27.7. The monoisotopic (exact) mass is 649 g/mol. The molecule has 3 aliphatic rings. The lowest BCUT2D eigenvalue weighted by Gasteiger charge is -2.36. The van der Waals surface area contributed by atoms with Crippen molar-refractivity contribution in [1.82, 2.24) is 20.2 Å². The Hall–Kier alpha value is -3.59. The molecule has 10 nitrogen and oxygen atoms in total. The van der Waals surface area contributed by atoms with E-state index in [4.69, 9.17) is 16.3 Å². The molecule has 3 atom stereocenters. The van der Waals surface area contributed by atoms with Gasteiger partial charge >= 0.3 is 0 Å². The van der Waals surface area contributed by atoms with Gasteiger partial charge in [-0.2, -0.15) is 4.98 Å². The molecular weight excluding hydrogens is 609 g/mol. The summed E-state index contributed by atoms with van der Waals surface area (Å²) in [5, 5.41) is 10.7. The number of halogens is 1. The normalized spacial score (nSPS) is 21.2. The Kier molecular flexibility index (Phi) is 9.36. The summed E-state index contributed by atoms with van der Waals surface area (Å²) in [4.78, 5) is 26.1. The Morgan fingerprint density at radius 3 is 2.56 bits per heavy atom. The average Bonchev–Trinajstić information content (AvgIpc) is 3.66. The summed E-state index contributed by atoms with van der Waals surface area (Å²) in [6.07, 6.45) is 8.67. The number of para-hydroxylation sites is 1. The number of hydrogen-bond donors (Lipinski definition) is 3. The molecule has 3 N–H and O–H groups in total. The molecule has 2 aliphatic carbocycles. The smallest absolute Gasteiger partial charge is 0.234 e. The van der Waals surface area contributed by atoms with Crippen LogP contribution >= 0.6 is 18.7 Å². The number of piperazine rings is 1. The summed E-state index contributed by atoms with van der Waals surface area (Å²) in [5.41, 5.74) is 2.45. The number of aromatic nitrogens is 2. The first-order valence-corrected chi connectivity index (χ1v) is 18.5. The van der Waals surface area contributed by atoms with E-state index in [0.29, 0.717) is 52.3 Å². The number of allylic oxidation sites excluding steroid dienone is 2. The molecule has 0 spiro atoms. The number of fused-ring (bicyclic) bond motifs is 2. The van der Waals surface area contributed by atoms with Gasteiger partial charge in [0.05, 0.1) is 31.2 Å². The molecule has 3 aromatic rings. The molecular formula is C33H41ClN7O3P. The zero-order valence-electron chi connectivity index (χ0n) is 26.0. The third-order valence-corrected chi connectivity index (χ3v) is 10.8. The highest BCUT2D eigenvalue weighted by Gasteiger charge is 2.35. The van der Waals surface area contributed by atoms with Gasteiger partial charge in [-0.15, -0.1) is 0 Å². The molecule has 238 valence electrons. The van der Waals surface area contributed by atoms with Crippen LogP contribution in [0, 0.1) is 17.8 Å². The average molecular weight is 650 g/mol. The summed E-state index contributed by atoms with van der Waals surface area (Å²) in [6.45, 7) is 7.96. The highest BCUT2D eigenvalue weighted by Crippen LogP contribution is 2.43. The van der Waals surface area contributed by atoms with Crippen molar-refractivity contribution in [3.8, 4) is 5.75 Å². The molecule has 2 heterocycles. The van der Waals surface area contributed by atoms with E-state index >= 15 is 0 Å². The number of hydrogen-bond acceptors (Lipinski definition) is 9. The first-order chi connectivity index (χ1) is 21.7. The molecule has 12 heteroatoms. The molecule has 1 amide bonds. The number of methoxy groups -OCH3 is 1. The molecule has 1 saturated heterocycles. The largest absolute Gasteiger partial charge is 0.494 e. The Morgan fingerprint density at radius 2 is 1.84 bits per heavy atom. The molecule has 6 rings (SSSR count). The van der Waals surface area contributed by atoms with Crippen LogP contribution in [-0.2, 0) is 9.36 Å². The van der Waals surface area contributed by atoms with Gasteiger partial charge in [-0.25, -0.2) is 4.98 Å². The number of benzene rings is 2. The van der Waals surface area contributed by atoms with Gasteiger partial charge in [0.2, 0.25) is 11.9 Å². The van der Waals surface area contributed by atoms with Gasteiger partial charge in [0.25, 0.3) is 0 Å². The molecule has 2 fully saturated rings. The van der Waals surface area contributed by atoms with E-state index in [0.717, 1.165) is 49.6 Å². The predicted octanol–water partition coefficient (Wildman–Crippen LogP) is 5.32. The highest BCUT2D eigenvalue weighted by atomic mass is 35.5. The molecule has 0 radical (unpaired) electrons. The van der Waals surface area contributed by atoms with Crippen LogP contribution in [0.1, 0.15) is 12.8 Å². The Labute approximate surface area is 270 Å². The maximum atomic E-state index is 12.8. The fraction of sp³-hybridized carbons (Fsp3) is 0.424. The molecule has 2 bridgehead atoms. The number of ether oxygens (including phenoxy) is 1. The van der Waals surface area contributed by atoms with Crippen LogP contribution in [0.25, 0.3) is 0 Å². The van der Waals surface area contributed by atoms with E-state index < -0.39 is 7.14 Å². The van der Waals surface area contributed by atoms with Crippen molar-refractivity contribution < 1.29 is 14.1 Å². The molecule has 1 saturated carbocycles. The van der Waals surface area contributed by atoms with Crippen LogP contribution in [0.5, 0.6) is 5.75 Å². The number of anilines is 5. The summed E-state index contributed by atoms with van der Waals surface area (Å²) in [7, 11) is -0.895. The van der Waals surface area contributed by atoms with Gasteiger partial charge in [-0.05, 0) is 68.2 Å². The predicted molar refractivity (Wildman–Crippen MR) is 183 cm³/mol. The fourth-order valence-electron chi connectivity index (χ4n) is 6.59. The lowest BCUT2D eigenvalue weighted by atomic mass is 9.94. The van der Waals surface area contributed by atoms with Crippen LogP contribution in [0.2, 0.25) is 5.02 Å². The SMILES string of the molecule is COc1cc(N2CCN(CC(=O)NCC3CC4C=CC3C4)CC2)ccc1Nc1ncc(Cl)c(Nc2ccccc2P(C)(C)=O)n1. The summed E-state index contributed by atoms with van der Waals surface area (Å²) < 4.78 is 18.5. The number of rotatable bonds is 11. The standard InChI is InChI=1S/C33H41ClN7O3P/c1-44-29-18-25(41-14-12-40(13-15-41)21-31(42)35-19-24-17-22-8-9-23(24)16-22)10-11-27(29)38-33-36-20-26(34)32(39-33)37-28-6-4-5-7-30(28)45(2,3)43/h4-11,18,20,22-24H,12-17,19,21H2,1-3H3,(H,35,42)(H2,36,37,38,39). The first kappa shape index (κ1) is 31.4. The van der Waals surface area contributed by atoms with Crippen LogP contribution < -0.4 is 30.9 Å². The Morgan fingerprint density at radius 1 is 1.04 bits per heavy atom. The highest BCUT2D eigenvalue weighted by molar-refractivity contribution is 7.70. The van der Waals surface area contributed by atoms with Crippen LogP contribution in [-0.4, -0.2) is 80.5 Å². The fourth-order valence-corrected chi connectivity index (χ4v) is 7.88. The molecule has 2 aromatic carbocycles.